The van der Waals surface area contributed by atoms with Crippen molar-refractivity contribution < 1.29 is 23.9 Å². The smallest absolute Gasteiger partial charge is 0.256 e. The first-order valence-electron chi connectivity index (χ1n) is 10.3. The molecule has 2 aromatic carbocycles. The van der Waals surface area contributed by atoms with E-state index < -0.39 is 6.04 Å². The van der Waals surface area contributed by atoms with Crippen LogP contribution in [0.2, 0.25) is 0 Å². The molecule has 2 heterocycles. The van der Waals surface area contributed by atoms with Crippen molar-refractivity contribution in [3.05, 3.63) is 59.2 Å². The molecule has 32 heavy (non-hydrogen) atoms. The number of nitrogens with zero attached hydrogens (tertiary/aromatic N) is 1. The number of methoxy groups -OCH3 is 2. The molecule has 0 aromatic heterocycles. The van der Waals surface area contributed by atoms with Crippen LogP contribution in [0.3, 0.4) is 0 Å². The lowest BCUT2D eigenvalue weighted by Crippen LogP contribution is -2.41. The van der Waals surface area contributed by atoms with E-state index in [0.717, 1.165) is 16.9 Å². The average Bonchev–Trinajstić information content (AvgIpc) is 3.18. The fourth-order valence-electron chi connectivity index (χ4n) is 4.04. The molecule has 0 spiro atoms. The number of carbonyl (C=O) groups excluding carboxylic acids is 3. The largest absolute Gasteiger partial charge is 0.497 e. The fourth-order valence-corrected chi connectivity index (χ4v) is 4.04. The molecule has 3 amide bonds. The number of rotatable bonds is 6. The second-order valence-electron chi connectivity index (χ2n) is 7.81. The number of hydrogen-bond acceptors (Lipinski definition) is 5. The summed E-state index contributed by atoms with van der Waals surface area (Å²) in [6.45, 7) is 0.214. The zero-order valence-corrected chi connectivity index (χ0v) is 18.0. The van der Waals surface area contributed by atoms with Gasteiger partial charge in [-0.05, 0) is 41.8 Å². The molecule has 0 aliphatic carbocycles. The number of hydrogen-bond donors (Lipinski definition) is 2. The lowest BCUT2D eigenvalue weighted by Gasteiger charge is -2.20. The predicted octanol–water partition coefficient (Wildman–Crippen LogP) is 2.16. The van der Waals surface area contributed by atoms with Crippen LogP contribution >= 0.6 is 0 Å². The van der Waals surface area contributed by atoms with Crippen molar-refractivity contribution in [2.45, 2.75) is 18.5 Å². The molecule has 2 aliphatic rings. The Balaban J connectivity index is 1.54. The van der Waals surface area contributed by atoms with E-state index in [1.807, 2.05) is 42.5 Å². The Kier molecular flexibility index (Phi) is 6.23. The molecule has 8 nitrogen and oxygen atoms in total. The number of ether oxygens (including phenoxy) is 2. The zero-order valence-electron chi connectivity index (χ0n) is 18.0. The number of fused-ring (bicyclic) bond motifs is 2. The topological polar surface area (TPSA) is 97.0 Å². The monoisotopic (exact) mass is 435 g/mol. The Morgan fingerprint density at radius 2 is 1.84 bits per heavy atom. The first-order chi connectivity index (χ1) is 15.5. The third-order valence-corrected chi connectivity index (χ3v) is 5.62. The minimum Gasteiger partial charge on any atom is -0.497 e. The highest BCUT2D eigenvalue weighted by atomic mass is 16.5. The van der Waals surface area contributed by atoms with E-state index >= 15 is 0 Å². The van der Waals surface area contributed by atoms with Crippen molar-refractivity contribution in [3.63, 3.8) is 0 Å². The molecule has 0 saturated carbocycles. The van der Waals surface area contributed by atoms with Crippen molar-refractivity contribution in [1.82, 2.24) is 10.2 Å². The maximum absolute atomic E-state index is 13.3. The standard InChI is InChI=1S/C24H25N3O5/c1-31-14-22(28)25-17-12-21-23(29)26-20-10-7-16(11-19(20)24(30)27(21)13-17)4-3-15-5-8-18(32-2)9-6-15/h3-11,17,21H,12-14H2,1-2H3,(H,25,28)(H,26,29)/b4-3+/t17-,21-/m0/s1. The number of benzene rings is 2. The van der Waals surface area contributed by atoms with Gasteiger partial charge in [0.2, 0.25) is 11.8 Å². The van der Waals surface area contributed by atoms with Gasteiger partial charge in [-0.3, -0.25) is 14.4 Å². The van der Waals surface area contributed by atoms with Crippen molar-refractivity contribution in [2.24, 2.45) is 0 Å². The number of nitrogens with one attached hydrogen (secondary N) is 2. The molecule has 0 bridgehead atoms. The summed E-state index contributed by atoms with van der Waals surface area (Å²) in [4.78, 5) is 39.4. The van der Waals surface area contributed by atoms with E-state index in [1.54, 1.807) is 19.2 Å². The van der Waals surface area contributed by atoms with E-state index in [1.165, 1.54) is 12.0 Å². The molecule has 2 aromatic rings. The number of anilines is 1. The Hall–Kier alpha value is -3.65. The molecular formula is C24H25N3O5. The van der Waals surface area contributed by atoms with Crippen molar-refractivity contribution in [2.75, 3.05) is 32.7 Å². The van der Waals surface area contributed by atoms with Crippen LogP contribution in [0.1, 0.15) is 27.9 Å². The number of amides is 3. The van der Waals surface area contributed by atoms with Crippen LogP contribution in [-0.2, 0) is 14.3 Å². The first kappa shape index (κ1) is 21.6. The van der Waals surface area contributed by atoms with Crippen LogP contribution in [0.25, 0.3) is 12.2 Å². The maximum atomic E-state index is 13.3. The Morgan fingerprint density at radius 3 is 2.56 bits per heavy atom. The van der Waals surface area contributed by atoms with E-state index in [2.05, 4.69) is 10.6 Å². The molecule has 1 fully saturated rings. The van der Waals surface area contributed by atoms with Gasteiger partial charge in [-0.1, -0.05) is 30.4 Å². The third kappa shape index (κ3) is 4.50. The highest BCUT2D eigenvalue weighted by Gasteiger charge is 2.43. The van der Waals surface area contributed by atoms with E-state index in [4.69, 9.17) is 9.47 Å². The van der Waals surface area contributed by atoms with E-state index in [-0.39, 0.29) is 36.9 Å². The summed E-state index contributed by atoms with van der Waals surface area (Å²) in [6, 6.07) is 12.1. The lowest BCUT2D eigenvalue weighted by atomic mass is 10.1. The van der Waals surface area contributed by atoms with E-state index in [9.17, 15) is 14.4 Å². The van der Waals surface area contributed by atoms with Gasteiger partial charge in [0.25, 0.3) is 5.91 Å². The first-order valence-corrected chi connectivity index (χ1v) is 10.3. The maximum Gasteiger partial charge on any atom is 0.256 e. The SMILES string of the molecule is COCC(=O)N[C@H]1C[C@H]2C(=O)Nc3ccc(/C=C/c4ccc(OC)cc4)cc3C(=O)N2C1. The predicted molar refractivity (Wildman–Crippen MR) is 120 cm³/mol. The van der Waals surface area contributed by atoms with Gasteiger partial charge in [0, 0.05) is 19.7 Å². The van der Waals surface area contributed by atoms with Gasteiger partial charge in [0.1, 0.15) is 18.4 Å². The molecule has 2 N–H and O–H groups in total. The molecule has 8 heteroatoms. The highest BCUT2D eigenvalue weighted by Crippen LogP contribution is 2.30. The van der Waals surface area contributed by atoms with Gasteiger partial charge >= 0.3 is 0 Å². The summed E-state index contributed by atoms with van der Waals surface area (Å²) in [5.74, 6) is 0.0356. The van der Waals surface area contributed by atoms with Gasteiger partial charge < -0.3 is 25.0 Å². The molecule has 0 radical (unpaired) electrons. The lowest BCUT2D eigenvalue weighted by molar-refractivity contribution is -0.125. The van der Waals surface area contributed by atoms with Crippen LogP contribution in [0.15, 0.2) is 42.5 Å². The summed E-state index contributed by atoms with van der Waals surface area (Å²) in [5.41, 5.74) is 2.76. The van der Waals surface area contributed by atoms with Crippen molar-refractivity contribution >= 4 is 35.6 Å². The van der Waals surface area contributed by atoms with Gasteiger partial charge in [0.05, 0.1) is 18.4 Å². The van der Waals surface area contributed by atoms with Crippen molar-refractivity contribution in [3.8, 4) is 5.75 Å². The zero-order chi connectivity index (χ0) is 22.7. The Morgan fingerprint density at radius 1 is 1.12 bits per heavy atom. The van der Waals surface area contributed by atoms with Gasteiger partial charge in [-0.25, -0.2) is 0 Å². The Labute approximate surface area is 186 Å². The van der Waals surface area contributed by atoms with Gasteiger partial charge in [-0.15, -0.1) is 0 Å². The molecule has 1 saturated heterocycles. The normalized spacial score (nSPS) is 19.9. The summed E-state index contributed by atoms with van der Waals surface area (Å²) in [7, 11) is 3.06. The van der Waals surface area contributed by atoms with Crippen LogP contribution < -0.4 is 15.4 Å². The molecular weight excluding hydrogens is 410 g/mol. The number of carbonyl (C=O) groups is 3. The summed E-state index contributed by atoms with van der Waals surface area (Å²) >= 11 is 0. The van der Waals surface area contributed by atoms with Crippen LogP contribution in [0.5, 0.6) is 5.75 Å². The fraction of sp³-hybridized carbons (Fsp3) is 0.292. The Bertz CT molecular complexity index is 1060. The van der Waals surface area contributed by atoms with Gasteiger partial charge in [-0.2, -0.15) is 0 Å². The van der Waals surface area contributed by atoms with Crippen LogP contribution in [0, 0.1) is 0 Å². The molecule has 2 atom stereocenters. The van der Waals surface area contributed by atoms with Crippen molar-refractivity contribution in [1.29, 1.82) is 0 Å². The van der Waals surface area contributed by atoms with E-state index in [0.29, 0.717) is 17.7 Å². The average molecular weight is 435 g/mol. The molecule has 4 rings (SSSR count). The highest BCUT2D eigenvalue weighted by molar-refractivity contribution is 6.10. The summed E-state index contributed by atoms with van der Waals surface area (Å²) in [6.07, 6.45) is 4.23. The quantitative estimate of drug-likeness (QED) is 0.678. The van der Waals surface area contributed by atoms with Crippen LogP contribution in [-0.4, -0.2) is 62.1 Å². The molecule has 2 aliphatic heterocycles. The molecule has 166 valence electrons. The minimum atomic E-state index is -0.624. The van der Waals surface area contributed by atoms with Crippen LogP contribution in [0.4, 0.5) is 5.69 Å². The second-order valence-corrected chi connectivity index (χ2v) is 7.81. The summed E-state index contributed by atoms with van der Waals surface area (Å²) in [5, 5.41) is 5.68. The molecule has 0 unspecified atom stereocenters. The minimum absolute atomic E-state index is 0.0615. The second kappa shape index (κ2) is 9.23. The summed E-state index contributed by atoms with van der Waals surface area (Å²) < 4.78 is 10.0. The third-order valence-electron chi connectivity index (χ3n) is 5.62. The van der Waals surface area contributed by atoms with Gasteiger partial charge in [0.15, 0.2) is 0 Å².